The molecular formula is C16H15F3N4S2. The summed E-state index contributed by atoms with van der Waals surface area (Å²) in [5.74, 6) is 0.469. The van der Waals surface area contributed by atoms with E-state index in [9.17, 15) is 13.2 Å². The van der Waals surface area contributed by atoms with Gasteiger partial charge in [0.25, 0.3) is 0 Å². The summed E-state index contributed by atoms with van der Waals surface area (Å²) in [6, 6.07) is 5.44. The standard InChI is InChI=1S/C16H15F3N4S2/c1-10-14(25-15(21-10)11-4-3-5-20-7-11)13-6-12(8-24-2)23(22-13)9-16(17,18)19/h3-7H,8-9H2,1-2H3. The minimum atomic E-state index is -4.31. The van der Waals surface area contributed by atoms with Crippen LogP contribution in [-0.2, 0) is 12.3 Å². The normalized spacial score (nSPS) is 11.9. The maximum Gasteiger partial charge on any atom is 0.408 e. The van der Waals surface area contributed by atoms with Crippen molar-refractivity contribution in [1.29, 1.82) is 0 Å². The molecule has 0 N–H and O–H groups in total. The first-order valence-electron chi connectivity index (χ1n) is 7.38. The number of hydrogen-bond acceptors (Lipinski definition) is 5. The number of hydrogen-bond donors (Lipinski definition) is 0. The molecule has 0 amide bonds. The summed E-state index contributed by atoms with van der Waals surface area (Å²) < 4.78 is 39.4. The summed E-state index contributed by atoms with van der Waals surface area (Å²) in [6.45, 7) is 0.749. The van der Waals surface area contributed by atoms with Gasteiger partial charge in [-0.05, 0) is 31.4 Å². The lowest BCUT2D eigenvalue weighted by atomic mass is 10.3. The van der Waals surface area contributed by atoms with Crippen LogP contribution < -0.4 is 0 Å². The van der Waals surface area contributed by atoms with Gasteiger partial charge in [-0.2, -0.15) is 30.0 Å². The minimum absolute atomic E-state index is 0.469. The van der Waals surface area contributed by atoms with Crippen molar-refractivity contribution in [1.82, 2.24) is 19.7 Å². The minimum Gasteiger partial charge on any atom is -0.264 e. The Morgan fingerprint density at radius 2 is 2.12 bits per heavy atom. The monoisotopic (exact) mass is 384 g/mol. The van der Waals surface area contributed by atoms with Crippen molar-refractivity contribution in [3.05, 3.63) is 42.0 Å². The van der Waals surface area contributed by atoms with E-state index in [1.54, 1.807) is 18.5 Å². The summed E-state index contributed by atoms with van der Waals surface area (Å²) in [6.07, 6.45) is 0.935. The van der Waals surface area contributed by atoms with Crippen LogP contribution in [-0.4, -0.2) is 32.2 Å². The topological polar surface area (TPSA) is 43.6 Å². The zero-order valence-electron chi connectivity index (χ0n) is 13.5. The second-order valence-corrected chi connectivity index (χ2v) is 7.27. The van der Waals surface area contributed by atoms with Crippen molar-refractivity contribution >= 4 is 23.1 Å². The SMILES string of the molecule is CSCc1cc(-c2sc(-c3cccnc3)nc2C)nn1CC(F)(F)F. The van der Waals surface area contributed by atoms with Gasteiger partial charge < -0.3 is 0 Å². The fourth-order valence-corrected chi connectivity index (χ4v) is 3.92. The van der Waals surface area contributed by atoms with E-state index in [1.165, 1.54) is 23.1 Å². The van der Waals surface area contributed by atoms with Gasteiger partial charge in [0.05, 0.1) is 10.6 Å². The van der Waals surface area contributed by atoms with Crippen molar-refractivity contribution < 1.29 is 13.2 Å². The number of aromatic nitrogens is 4. The van der Waals surface area contributed by atoms with Gasteiger partial charge in [0.15, 0.2) is 0 Å². The molecule has 0 atom stereocenters. The van der Waals surface area contributed by atoms with E-state index in [-0.39, 0.29) is 0 Å². The highest BCUT2D eigenvalue weighted by atomic mass is 32.2. The summed E-state index contributed by atoms with van der Waals surface area (Å²) in [4.78, 5) is 9.37. The van der Waals surface area contributed by atoms with Gasteiger partial charge in [0, 0.05) is 29.4 Å². The van der Waals surface area contributed by atoms with Crippen LogP contribution in [0, 0.1) is 6.92 Å². The van der Waals surface area contributed by atoms with Crippen molar-refractivity contribution in [3.8, 4) is 21.1 Å². The van der Waals surface area contributed by atoms with Gasteiger partial charge in [0.2, 0.25) is 0 Å². The first-order chi connectivity index (χ1) is 11.9. The van der Waals surface area contributed by atoms with Crippen molar-refractivity contribution in [3.63, 3.8) is 0 Å². The van der Waals surface area contributed by atoms with E-state index < -0.39 is 12.7 Å². The molecule has 132 valence electrons. The smallest absolute Gasteiger partial charge is 0.264 e. The van der Waals surface area contributed by atoms with Gasteiger partial charge in [-0.25, -0.2) is 4.98 Å². The first-order valence-corrected chi connectivity index (χ1v) is 9.59. The third-order valence-corrected chi connectivity index (χ3v) is 5.24. The Labute approximate surface area is 151 Å². The van der Waals surface area contributed by atoms with Gasteiger partial charge >= 0.3 is 6.18 Å². The maximum absolute atomic E-state index is 12.8. The second-order valence-electron chi connectivity index (χ2n) is 5.40. The molecule has 3 aromatic heterocycles. The Morgan fingerprint density at radius 1 is 1.32 bits per heavy atom. The van der Waals surface area contributed by atoms with Crippen LogP contribution in [0.2, 0.25) is 0 Å². The molecule has 0 unspecified atom stereocenters. The van der Waals surface area contributed by atoms with Gasteiger partial charge in [-0.15, -0.1) is 11.3 Å². The summed E-state index contributed by atoms with van der Waals surface area (Å²) in [7, 11) is 0. The third kappa shape index (κ3) is 4.21. The van der Waals surface area contributed by atoms with Gasteiger partial charge in [-0.3, -0.25) is 9.67 Å². The van der Waals surface area contributed by atoms with E-state index in [0.29, 0.717) is 17.1 Å². The van der Waals surface area contributed by atoms with Gasteiger partial charge in [-0.1, -0.05) is 0 Å². The van der Waals surface area contributed by atoms with Crippen LogP contribution in [0.25, 0.3) is 21.1 Å². The molecule has 9 heteroatoms. The zero-order chi connectivity index (χ0) is 18.0. The number of thiazole rings is 1. The third-order valence-electron chi connectivity index (χ3n) is 3.42. The highest BCUT2D eigenvalue weighted by molar-refractivity contribution is 7.97. The molecule has 0 aliphatic heterocycles. The van der Waals surface area contributed by atoms with Crippen LogP contribution in [0.15, 0.2) is 30.6 Å². The van der Waals surface area contributed by atoms with Crippen molar-refractivity contribution in [2.45, 2.75) is 25.4 Å². The Balaban J connectivity index is 1.99. The number of nitrogens with zero attached hydrogens (tertiary/aromatic N) is 4. The lowest BCUT2D eigenvalue weighted by Crippen LogP contribution is -2.20. The summed E-state index contributed by atoms with van der Waals surface area (Å²) in [5, 5.41) is 4.97. The second kappa shape index (κ2) is 7.17. The molecule has 0 spiro atoms. The van der Waals surface area contributed by atoms with Crippen LogP contribution in [0.4, 0.5) is 13.2 Å². The molecule has 3 aromatic rings. The van der Waals surface area contributed by atoms with Crippen molar-refractivity contribution in [2.75, 3.05) is 6.26 Å². The Hall–Kier alpha value is -1.87. The highest BCUT2D eigenvalue weighted by Gasteiger charge is 2.30. The fraction of sp³-hybridized carbons (Fsp3) is 0.312. The predicted octanol–water partition coefficient (Wildman–Crippen LogP) is 4.80. The van der Waals surface area contributed by atoms with Crippen LogP contribution in [0.5, 0.6) is 0 Å². The number of aryl methyl sites for hydroxylation is 1. The van der Waals surface area contributed by atoms with Crippen molar-refractivity contribution in [2.24, 2.45) is 0 Å². The van der Waals surface area contributed by atoms with E-state index >= 15 is 0 Å². The Morgan fingerprint density at radius 3 is 2.76 bits per heavy atom. The summed E-state index contributed by atoms with van der Waals surface area (Å²) >= 11 is 2.87. The lowest BCUT2D eigenvalue weighted by molar-refractivity contribution is -0.142. The van der Waals surface area contributed by atoms with E-state index in [0.717, 1.165) is 25.8 Å². The maximum atomic E-state index is 12.8. The number of alkyl halides is 3. The molecule has 0 aliphatic carbocycles. The summed E-state index contributed by atoms with van der Waals surface area (Å²) in [5.41, 5.74) is 2.70. The Bertz CT molecular complexity index is 856. The molecule has 0 aliphatic rings. The Kier molecular flexibility index (Phi) is 5.14. The largest absolute Gasteiger partial charge is 0.408 e. The van der Waals surface area contributed by atoms with Gasteiger partial charge in [0.1, 0.15) is 17.2 Å². The molecule has 3 heterocycles. The molecule has 25 heavy (non-hydrogen) atoms. The van der Waals surface area contributed by atoms with Crippen LogP contribution in [0.3, 0.4) is 0 Å². The average molecular weight is 384 g/mol. The number of halogens is 3. The van der Waals surface area contributed by atoms with Crippen LogP contribution >= 0.6 is 23.1 Å². The quantitative estimate of drug-likeness (QED) is 0.634. The first kappa shape index (κ1) is 17.9. The number of pyridine rings is 1. The molecule has 0 saturated heterocycles. The molecular weight excluding hydrogens is 369 g/mol. The van der Waals surface area contributed by atoms with Crippen LogP contribution in [0.1, 0.15) is 11.4 Å². The molecule has 4 nitrogen and oxygen atoms in total. The molecule has 3 rings (SSSR count). The molecule has 0 saturated carbocycles. The number of thioether (sulfide) groups is 1. The zero-order valence-corrected chi connectivity index (χ0v) is 15.2. The molecule has 0 radical (unpaired) electrons. The van der Waals surface area contributed by atoms with E-state index in [1.807, 2.05) is 25.3 Å². The fourth-order valence-electron chi connectivity index (χ4n) is 2.38. The average Bonchev–Trinajstić information content (AvgIpc) is 3.11. The molecule has 0 bridgehead atoms. The lowest BCUT2D eigenvalue weighted by Gasteiger charge is -2.09. The molecule has 0 aromatic carbocycles. The number of rotatable bonds is 5. The van der Waals surface area contributed by atoms with E-state index in [2.05, 4.69) is 15.1 Å². The van der Waals surface area contributed by atoms with E-state index in [4.69, 9.17) is 0 Å². The highest BCUT2D eigenvalue weighted by Crippen LogP contribution is 2.35. The predicted molar refractivity (Wildman–Crippen MR) is 94.6 cm³/mol. The molecule has 0 fully saturated rings.